The Labute approximate surface area is 114 Å². The van der Waals surface area contributed by atoms with Crippen LogP contribution in [0.2, 0.25) is 5.02 Å². The molecule has 1 amide bonds. The van der Waals surface area contributed by atoms with Gasteiger partial charge in [0.2, 0.25) is 0 Å². The Balaban J connectivity index is 2.17. The molecule has 0 saturated carbocycles. The van der Waals surface area contributed by atoms with Crippen molar-refractivity contribution >= 4 is 33.4 Å². The zero-order valence-electron chi connectivity index (χ0n) is 9.49. The number of rotatable bonds is 1. The van der Waals surface area contributed by atoms with Crippen LogP contribution in [0.25, 0.3) is 0 Å². The number of hydrogen-bond donors (Lipinski definition) is 1. The van der Waals surface area contributed by atoms with E-state index >= 15 is 0 Å². The summed E-state index contributed by atoms with van der Waals surface area (Å²) in [5, 5.41) is 0.549. The normalized spacial score (nSPS) is 24.1. The van der Waals surface area contributed by atoms with Gasteiger partial charge in [-0.05, 0) is 40.0 Å². The van der Waals surface area contributed by atoms with Gasteiger partial charge in [0.15, 0.2) is 0 Å². The lowest BCUT2D eigenvalue weighted by atomic mass is 10.1. The molecule has 17 heavy (non-hydrogen) atoms. The van der Waals surface area contributed by atoms with E-state index in [4.69, 9.17) is 17.3 Å². The minimum atomic E-state index is -0.000741. The predicted molar refractivity (Wildman–Crippen MR) is 72.2 cm³/mol. The van der Waals surface area contributed by atoms with E-state index in [1.807, 2.05) is 0 Å². The van der Waals surface area contributed by atoms with Gasteiger partial charge >= 0.3 is 0 Å². The second-order valence-electron chi connectivity index (χ2n) is 4.48. The van der Waals surface area contributed by atoms with Gasteiger partial charge in [-0.1, -0.05) is 18.5 Å². The second kappa shape index (κ2) is 4.96. The van der Waals surface area contributed by atoms with E-state index in [9.17, 15) is 4.79 Å². The molecule has 92 valence electrons. The summed E-state index contributed by atoms with van der Waals surface area (Å²) < 4.78 is 0.794. The van der Waals surface area contributed by atoms with Crippen LogP contribution >= 0.6 is 27.5 Å². The number of carbonyl (C=O) groups is 1. The van der Waals surface area contributed by atoms with Crippen molar-refractivity contribution < 1.29 is 4.79 Å². The highest BCUT2D eigenvalue weighted by Gasteiger charge is 2.30. The minimum absolute atomic E-state index is 0.000741. The van der Waals surface area contributed by atoms with E-state index in [1.54, 1.807) is 23.1 Å². The van der Waals surface area contributed by atoms with Crippen molar-refractivity contribution in [3.63, 3.8) is 0 Å². The molecule has 2 N–H and O–H groups in total. The SMILES string of the molecule is CC1CN(C(=O)c2ccc(Br)c(Cl)c2)CC1N. The van der Waals surface area contributed by atoms with Crippen LogP contribution in [0.1, 0.15) is 17.3 Å². The van der Waals surface area contributed by atoms with Gasteiger partial charge in [0.1, 0.15) is 0 Å². The molecule has 0 spiro atoms. The number of benzene rings is 1. The van der Waals surface area contributed by atoms with Crippen LogP contribution in [0.3, 0.4) is 0 Å². The molecule has 2 unspecified atom stereocenters. The molecular weight excluding hydrogens is 304 g/mol. The molecule has 1 aromatic rings. The molecule has 2 atom stereocenters. The quantitative estimate of drug-likeness (QED) is 0.865. The zero-order valence-corrected chi connectivity index (χ0v) is 11.8. The van der Waals surface area contributed by atoms with Crippen molar-refractivity contribution in [1.29, 1.82) is 0 Å². The molecule has 2 rings (SSSR count). The fraction of sp³-hybridized carbons (Fsp3) is 0.417. The molecule has 0 aromatic heterocycles. The Morgan fingerprint density at radius 3 is 2.76 bits per heavy atom. The van der Waals surface area contributed by atoms with Crippen molar-refractivity contribution in [2.24, 2.45) is 11.7 Å². The summed E-state index contributed by atoms with van der Waals surface area (Å²) in [6.45, 7) is 3.40. The zero-order chi connectivity index (χ0) is 12.6. The monoisotopic (exact) mass is 316 g/mol. The number of likely N-dealkylation sites (tertiary alicyclic amines) is 1. The molecular formula is C12H14BrClN2O. The van der Waals surface area contributed by atoms with Gasteiger partial charge in [-0.2, -0.15) is 0 Å². The van der Waals surface area contributed by atoms with Gasteiger partial charge in [-0.25, -0.2) is 0 Å². The lowest BCUT2D eigenvalue weighted by molar-refractivity contribution is 0.0787. The van der Waals surface area contributed by atoms with Crippen LogP contribution in [-0.2, 0) is 0 Å². The Kier molecular flexibility index (Phi) is 3.76. The summed E-state index contributed by atoms with van der Waals surface area (Å²) in [6, 6.07) is 5.31. The average Bonchev–Trinajstić information content (AvgIpc) is 2.62. The van der Waals surface area contributed by atoms with Gasteiger partial charge in [0, 0.05) is 29.2 Å². The topological polar surface area (TPSA) is 46.3 Å². The first-order chi connectivity index (χ1) is 7.99. The molecule has 1 aromatic carbocycles. The molecule has 1 aliphatic rings. The lowest BCUT2D eigenvalue weighted by Gasteiger charge is -2.16. The highest BCUT2D eigenvalue weighted by molar-refractivity contribution is 9.10. The minimum Gasteiger partial charge on any atom is -0.337 e. The lowest BCUT2D eigenvalue weighted by Crippen LogP contribution is -2.32. The number of halogens is 2. The second-order valence-corrected chi connectivity index (χ2v) is 5.74. The van der Waals surface area contributed by atoms with Crippen LogP contribution in [0.15, 0.2) is 22.7 Å². The molecule has 3 nitrogen and oxygen atoms in total. The smallest absolute Gasteiger partial charge is 0.253 e. The number of hydrogen-bond acceptors (Lipinski definition) is 2. The van der Waals surface area contributed by atoms with Crippen molar-refractivity contribution in [3.05, 3.63) is 33.3 Å². The van der Waals surface area contributed by atoms with Crippen LogP contribution in [0.4, 0.5) is 0 Å². The van der Waals surface area contributed by atoms with E-state index in [-0.39, 0.29) is 11.9 Å². The van der Waals surface area contributed by atoms with Crippen molar-refractivity contribution in [1.82, 2.24) is 4.90 Å². The third-order valence-corrected chi connectivity index (χ3v) is 4.36. The summed E-state index contributed by atoms with van der Waals surface area (Å²) in [7, 11) is 0. The van der Waals surface area contributed by atoms with Gasteiger partial charge in [0.05, 0.1) is 5.02 Å². The Hall–Kier alpha value is -0.580. The maximum Gasteiger partial charge on any atom is 0.253 e. The van der Waals surface area contributed by atoms with E-state index < -0.39 is 0 Å². The third kappa shape index (κ3) is 2.64. The highest BCUT2D eigenvalue weighted by atomic mass is 79.9. The van der Waals surface area contributed by atoms with E-state index in [0.717, 1.165) is 4.47 Å². The molecule has 0 aliphatic carbocycles. The first-order valence-electron chi connectivity index (χ1n) is 5.49. The molecule has 1 aliphatic heterocycles. The maximum absolute atomic E-state index is 12.2. The van der Waals surface area contributed by atoms with Gasteiger partial charge in [-0.15, -0.1) is 0 Å². The van der Waals surface area contributed by atoms with Crippen molar-refractivity contribution in [3.8, 4) is 0 Å². The summed E-state index contributed by atoms with van der Waals surface area (Å²) in [5.41, 5.74) is 6.52. The van der Waals surface area contributed by atoms with Crippen molar-refractivity contribution in [2.45, 2.75) is 13.0 Å². The van der Waals surface area contributed by atoms with E-state index in [1.165, 1.54) is 0 Å². The third-order valence-electron chi connectivity index (χ3n) is 3.12. The molecule has 1 heterocycles. The summed E-state index contributed by atoms with van der Waals surface area (Å²) in [5.74, 6) is 0.351. The largest absolute Gasteiger partial charge is 0.337 e. The number of carbonyl (C=O) groups excluding carboxylic acids is 1. The van der Waals surface area contributed by atoms with Crippen LogP contribution in [-0.4, -0.2) is 29.9 Å². The molecule has 1 fully saturated rings. The number of nitrogens with zero attached hydrogens (tertiary/aromatic N) is 1. The summed E-state index contributed by atoms with van der Waals surface area (Å²) in [4.78, 5) is 14.0. The van der Waals surface area contributed by atoms with Crippen LogP contribution < -0.4 is 5.73 Å². The van der Waals surface area contributed by atoms with E-state index in [0.29, 0.717) is 29.6 Å². The standard InChI is InChI=1S/C12H14BrClN2O/c1-7-5-16(6-11(7)15)12(17)8-2-3-9(13)10(14)4-8/h2-4,7,11H,5-6,15H2,1H3. The Morgan fingerprint density at radius 1 is 1.53 bits per heavy atom. The van der Waals surface area contributed by atoms with Gasteiger partial charge in [0.25, 0.3) is 5.91 Å². The van der Waals surface area contributed by atoms with Crippen LogP contribution in [0, 0.1) is 5.92 Å². The average molecular weight is 318 g/mol. The fourth-order valence-corrected chi connectivity index (χ4v) is 2.40. The van der Waals surface area contributed by atoms with E-state index in [2.05, 4.69) is 22.9 Å². The first kappa shape index (κ1) is 12.9. The predicted octanol–water partition coefficient (Wildman–Crippen LogP) is 2.52. The maximum atomic E-state index is 12.2. The summed E-state index contributed by atoms with van der Waals surface area (Å²) in [6.07, 6.45) is 0. The highest BCUT2D eigenvalue weighted by Crippen LogP contribution is 2.25. The molecule has 0 radical (unpaired) electrons. The van der Waals surface area contributed by atoms with Gasteiger partial charge < -0.3 is 10.6 Å². The Bertz CT molecular complexity index is 442. The van der Waals surface area contributed by atoms with Gasteiger partial charge in [-0.3, -0.25) is 4.79 Å². The number of amides is 1. The van der Waals surface area contributed by atoms with Crippen molar-refractivity contribution in [2.75, 3.05) is 13.1 Å². The molecule has 1 saturated heterocycles. The summed E-state index contributed by atoms with van der Waals surface area (Å²) >= 11 is 9.28. The molecule has 5 heteroatoms. The Morgan fingerprint density at radius 2 is 2.24 bits per heavy atom. The first-order valence-corrected chi connectivity index (χ1v) is 6.66. The fourth-order valence-electron chi connectivity index (χ4n) is 1.97. The molecule has 0 bridgehead atoms. The van der Waals surface area contributed by atoms with Crippen LogP contribution in [0.5, 0.6) is 0 Å². The number of nitrogens with two attached hydrogens (primary N) is 1.